The molecule has 0 bridgehead atoms. The van der Waals surface area contributed by atoms with Crippen LogP contribution in [0, 0.1) is 5.41 Å². The minimum atomic E-state index is -0.179. The van der Waals surface area contributed by atoms with Gasteiger partial charge in [0.15, 0.2) is 11.5 Å². The lowest BCUT2D eigenvalue weighted by Gasteiger charge is -2.22. The van der Waals surface area contributed by atoms with Crippen LogP contribution in [0.3, 0.4) is 0 Å². The van der Waals surface area contributed by atoms with Crippen LogP contribution in [0.5, 0.6) is 11.5 Å². The van der Waals surface area contributed by atoms with Gasteiger partial charge in [-0.3, -0.25) is 0 Å². The lowest BCUT2D eigenvalue weighted by atomic mass is 9.87. The lowest BCUT2D eigenvalue weighted by Crippen LogP contribution is -2.19. The van der Waals surface area contributed by atoms with Gasteiger partial charge in [0.05, 0.1) is 11.6 Å². The van der Waals surface area contributed by atoms with Gasteiger partial charge in [0, 0.05) is 6.61 Å². The molecule has 0 radical (unpaired) electrons. The van der Waals surface area contributed by atoms with Gasteiger partial charge in [-0.05, 0) is 45.5 Å². The van der Waals surface area contributed by atoms with E-state index in [0.717, 1.165) is 12.0 Å². The largest absolute Gasteiger partial charge is 0.503 e. The highest BCUT2D eigenvalue weighted by atomic mass is 79.9. The van der Waals surface area contributed by atoms with Crippen LogP contribution in [0.25, 0.3) is 0 Å². The third-order valence-electron chi connectivity index (χ3n) is 2.42. The highest BCUT2D eigenvalue weighted by molar-refractivity contribution is 9.10. The third kappa shape index (κ3) is 3.12. The fourth-order valence-electron chi connectivity index (χ4n) is 1.49. The first-order valence-corrected chi connectivity index (χ1v) is 5.85. The van der Waals surface area contributed by atoms with Crippen molar-refractivity contribution in [3.63, 3.8) is 0 Å². The van der Waals surface area contributed by atoms with E-state index >= 15 is 0 Å². The van der Waals surface area contributed by atoms with Gasteiger partial charge in [-0.15, -0.1) is 0 Å². The number of aliphatic hydroxyl groups is 1. The topological polar surface area (TPSA) is 49.7 Å². The van der Waals surface area contributed by atoms with E-state index in [0.29, 0.717) is 10.2 Å². The van der Waals surface area contributed by atoms with Gasteiger partial charge in [-0.25, -0.2) is 0 Å². The van der Waals surface area contributed by atoms with Gasteiger partial charge in [0.25, 0.3) is 0 Å². The summed E-state index contributed by atoms with van der Waals surface area (Å²) in [5, 5.41) is 18.9. The van der Waals surface area contributed by atoms with Crippen LogP contribution in [0.1, 0.15) is 19.4 Å². The van der Waals surface area contributed by atoms with Gasteiger partial charge < -0.3 is 14.9 Å². The average molecular weight is 289 g/mol. The van der Waals surface area contributed by atoms with Crippen LogP contribution >= 0.6 is 15.9 Å². The maximum Gasteiger partial charge on any atom is 0.172 e. The van der Waals surface area contributed by atoms with Gasteiger partial charge in [0.2, 0.25) is 0 Å². The first-order chi connectivity index (χ1) is 7.39. The monoisotopic (exact) mass is 288 g/mol. The lowest BCUT2D eigenvalue weighted by molar-refractivity contribution is 0.159. The molecule has 1 aromatic rings. The van der Waals surface area contributed by atoms with Crippen molar-refractivity contribution in [3.8, 4) is 11.5 Å². The molecule has 0 atom stereocenters. The first kappa shape index (κ1) is 13.3. The maximum atomic E-state index is 9.66. The zero-order chi connectivity index (χ0) is 12.3. The third-order valence-corrected chi connectivity index (χ3v) is 3.02. The smallest absolute Gasteiger partial charge is 0.172 e. The highest BCUT2D eigenvalue weighted by Gasteiger charge is 2.19. The minimum Gasteiger partial charge on any atom is -0.503 e. The van der Waals surface area contributed by atoms with Crippen molar-refractivity contribution in [1.82, 2.24) is 0 Å². The molecule has 3 nitrogen and oxygen atoms in total. The average Bonchev–Trinajstić information content (AvgIpc) is 2.22. The number of hydrogen-bond donors (Lipinski definition) is 2. The molecule has 0 saturated carbocycles. The molecule has 4 heteroatoms. The molecule has 90 valence electrons. The summed E-state index contributed by atoms with van der Waals surface area (Å²) < 4.78 is 5.68. The summed E-state index contributed by atoms with van der Waals surface area (Å²) in [6.45, 7) is 4.09. The number of halogens is 1. The molecular formula is C12H17BrO3. The van der Waals surface area contributed by atoms with Crippen molar-refractivity contribution in [3.05, 3.63) is 22.2 Å². The summed E-state index contributed by atoms with van der Waals surface area (Å²) in [5.41, 5.74) is 0.835. The van der Waals surface area contributed by atoms with E-state index in [9.17, 15) is 10.2 Å². The fourth-order valence-corrected chi connectivity index (χ4v) is 1.98. The number of benzene rings is 1. The van der Waals surface area contributed by atoms with Crippen molar-refractivity contribution in [2.75, 3.05) is 13.7 Å². The van der Waals surface area contributed by atoms with Gasteiger partial charge >= 0.3 is 0 Å². The number of phenols is 1. The van der Waals surface area contributed by atoms with Gasteiger partial charge in [-0.2, -0.15) is 0 Å². The second kappa shape index (κ2) is 5.06. The molecule has 0 fully saturated rings. The normalized spacial score (nSPS) is 11.6. The van der Waals surface area contributed by atoms with E-state index in [2.05, 4.69) is 15.9 Å². The Balaban J connectivity index is 3.03. The second-order valence-corrected chi connectivity index (χ2v) is 5.48. The van der Waals surface area contributed by atoms with E-state index < -0.39 is 0 Å². The summed E-state index contributed by atoms with van der Waals surface area (Å²) in [6.07, 6.45) is 0.721. The zero-order valence-electron chi connectivity index (χ0n) is 9.75. The fraction of sp³-hybridized carbons (Fsp3) is 0.500. The number of aliphatic hydroxyl groups excluding tert-OH is 1. The van der Waals surface area contributed by atoms with E-state index in [-0.39, 0.29) is 17.8 Å². The number of aromatic hydroxyl groups is 1. The standard InChI is InChI=1S/C12H17BrO3/c1-12(2,7-14)6-8-4-9(13)11(15)10(5-8)16-3/h4-5,14-15H,6-7H2,1-3H3. The van der Waals surface area contributed by atoms with Gasteiger partial charge in [0.1, 0.15) is 0 Å². The number of rotatable bonds is 4. The van der Waals surface area contributed by atoms with E-state index in [1.165, 1.54) is 7.11 Å². The van der Waals surface area contributed by atoms with Crippen LogP contribution in [0.15, 0.2) is 16.6 Å². The molecule has 0 aromatic heterocycles. The molecule has 2 N–H and O–H groups in total. The van der Waals surface area contributed by atoms with Crippen LogP contribution in [-0.4, -0.2) is 23.9 Å². The molecule has 0 amide bonds. The molecule has 0 spiro atoms. The molecule has 0 unspecified atom stereocenters. The first-order valence-electron chi connectivity index (χ1n) is 5.06. The van der Waals surface area contributed by atoms with Gasteiger partial charge in [-0.1, -0.05) is 13.8 Å². The number of phenolic OH excluding ortho intramolecular Hbond substituents is 1. The number of methoxy groups -OCH3 is 1. The Bertz CT molecular complexity index is 375. The Labute approximate surface area is 104 Å². The molecule has 1 aromatic carbocycles. The molecule has 16 heavy (non-hydrogen) atoms. The van der Waals surface area contributed by atoms with Crippen molar-refractivity contribution in [2.24, 2.45) is 5.41 Å². The summed E-state index contributed by atoms with van der Waals surface area (Å²) in [5.74, 6) is 0.547. The van der Waals surface area contributed by atoms with Crippen LogP contribution < -0.4 is 4.74 Å². The predicted molar refractivity (Wildman–Crippen MR) is 66.9 cm³/mol. The maximum absolute atomic E-state index is 9.66. The van der Waals surface area contributed by atoms with Crippen molar-refractivity contribution < 1.29 is 14.9 Å². The quantitative estimate of drug-likeness (QED) is 0.896. The Morgan fingerprint density at radius 2 is 2.00 bits per heavy atom. The van der Waals surface area contributed by atoms with Crippen molar-refractivity contribution in [1.29, 1.82) is 0 Å². The Kier molecular flexibility index (Phi) is 4.21. The van der Waals surface area contributed by atoms with E-state index in [1.807, 2.05) is 19.9 Å². The minimum absolute atomic E-state index is 0.105. The van der Waals surface area contributed by atoms with E-state index in [4.69, 9.17) is 4.74 Å². The Hall–Kier alpha value is -0.740. The molecular weight excluding hydrogens is 272 g/mol. The SMILES string of the molecule is COc1cc(CC(C)(C)CO)cc(Br)c1O. The molecule has 0 saturated heterocycles. The summed E-state index contributed by atoms with van der Waals surface area (Å²) in [7, 11) is 1.52. The van der Waals surface area contributed by atoms with Crippen molar-refractivity contribution >= 4 is 15.9 Å². The highest BCUT2D eigenvalue weighted by Crippen LogP contribution is 2.36. The molecule has 0 aliphatic heterocycles. The molecule has 1 rings (SSSR count). The van der Waals surface area contributed by atoms with Crippen LogP contribution in [-0.2, 0) is 6.42 Å². The van der Waals surface area contributed by atoms with Crippen molar-refractivity contribution in [2.45, 2.75) is 20.3 Å². The molecule has 0 aliphatic carbocycles. The summed E-state index contributed by atoms with van der Waals surface area (Å²) >= 11 is 3.27. The summed E-state index contributed by atoms with van der Waals surface area (Å²) in [6, 6.07) is 3.63. The summed E-state index contributed by atoms with van der Waals surface area (Å²) in [4.78, 5) is 0. The molecule has 0 heterocycles. The van der Waals surface area contributed by atoms with E-state index in [1.54, 1.807) is 6.07 Å². The predicted octanol–water partition coefficient (Wildman–Crippen LogP) is 2.72. The number of hydrogen-bond acceptors (Lipinski definition) is 3. The number of ether oxygens (including phenoxy) is 1. The van der Waals surface area contributed by atoms with Crippen LogP contribution in [0.2, 0.25) is 0 Å². The Morgan fingerprint density at radius 3 is 2.50 bits per heavy atom. The van der Waals surface area contributed by atoms with Crippen LogP contribution in [0.4, 0.5) is 0 Å². The molecule has 0 aliphatic rings. The Morgan fingerprint density at radius 1 is 1.38 bits per heavy atom. The zero-order valence-corrected chi connectivity index (χ0v) is 11.3. The second-order valence-electron chi connectivity index (χ2n) is 4.63.